The van der Waals surface area contributed by atoms with Crippen LogP contribution in [0.15, 0.2) is 42.9 Å². The van der Waals surface area contributed by atoms with Crippen LogP contribution in [0.25, 0.3) is 27.9 Å². The number of fused-ring (bicyclic) bond motifs is 2. The van der Waals surface area contributed by atoms with Crippen molar-refractivity contribution in [3.05, 3.63) is 48.7 Å². The highest BCUT2D eigenvalue weighted by Gasteiger charge is 2.22. The molecule has 1 fully saturated rings. The third-order valence-corrected chi connectivity index (χ3v) is 5.98. The Hall–Kier alpha value is -3.56. The third-order valence-electron chi connectivity index (χ3n) is 5.98. The van der Waals surface area contributed by atoms with E-state index in [2.05, 4.69) is 36.8 Å². The second-order valence-corrected chi connectivity index (χ2v) is 8.09. The van der Waals surface area contributed by atoms with E-state index in [1.165, 1.54) is 4.57 Å². The van der Waals surface area contributed by atoms with E-state index >= 15 is 0 Å². The molecule has 32 heavy (non-hydrogen) atoms. The number of aryl methyl sites for hydroxylation is 1. The molecule has 1 atom stereocenters. The number of nitrogens with one attached hydrogen (secondary N) is 1. The van der Waals surface area contributed by atoms with Gasteiger partial charge < -0.3 is 14.8 Å². The summed E-state index contributed by atoms with van der Waals surface area (Å²) in [7, 11) is 2.04. The summed E-state index contributed by atoms with van der Waals surface area (Å²) in [5.41, 5.74) is 4.32. The van der Waals surface area contributed by atoms with E-state index < -0.39 is 13.0 Å². The van der Waals surface area contributed by atoms with Crippen molar-refractivity contribution >= 4 is 22.6 Å². The first-order valence-electron chi connectivity index (χ1n) is 10.5. The minimum Gasteiger partial charge on any atom is -0.377 e. The predicted octanol–water partition coefficient (Wildman–Crippen LogP) is 3.73. The molecule has 166 valence electrons. The SMILES string of the molecule is C=C1C(Nc2ncc3c(-c4ccc5nc(C)n(CC(F)F)c5n4)ccn3n2)CCCN1C. The highest BCUT2D eigenvalue weighted by Crippen LogP contribution is 2.27. The van der Waals surface area contributed by atoms with Crippen molar-refractivity contribution in [2.24, 2.45) is 0 Å². The third kappa shape index (κ3) is 3.55. The van der Waals surface area contributed by atoms with Gasteiger partial charge in [0.1, 0.15) is 11.3 Å². The Bertz CT molecular complexity index is 1310. The van der Waals surface area contributed by atoms with Crippen LogP contribution in [0.2, 0.25) is 0 Å². The predicted molar refractivity (Wildman–Crippen MR) is 119 cm³/mol. The maximum Gasteiger partial charge on any atom is 0.256 e. The number of nitrogens with zero attached hydrogens (tertiary/aromatic N) is 7. The molecule has 4 aromatic rings. The number of piperidine rings is 1. The smallest absolute Gasteiger partial charge is 0.256 e. The van der Waals surface area contributed by atoms with Gasteiger partial charge in [0.25, 0.3) is 6.43 Å². The van der Waals surface area contributed by atoms with E-state index in [-0.39, 0.29) is 6.04 Å². The minimum atomic E-state index is -2.48. The zero-order chi connectivity index (χ0) is 22.4. The lowest BCUT2D eigenvalue weighted by molar-refractivity contribution is 0.127. The van der Waals surface area contributed by atoms with Gasteiger partial charge in [0, 0.05) is 31.0 Å². The van der Waals surface area contributed by atoms with Gasteiger partial charge in [-0.1, -0.05) is 6.58 Å². The standard InChI is InChI=1S/C22H24F2N8/c1-13-16(5-4-9-30(13)3)28-22-25-11-19-15(8-10-32(19)29-22)17-6-7-18-21(27-17)31(12-20(23)24)14(2)26-18/h6-8,10-11,16,20H,1,4-5,9,12H2,2-3H3,(H,28,29). The second-order valence-electron chi connectivity index (χ2n) is 8.09. The summed E-state index contributed by atoms with van der Waals surface area (Å²) in [6.07, 6.45) is 3.17. The zero-order valence-electron chi connectivity index (χ0n) is 18.0. The van der Waals surface area contributed by atoms with Crippen molar-refractivity contribution in [2.75, 3.05) is 18.9 Å². The molecule has 1 aliphatic rings. The summed E-state index contributed by atoms with van der Waals surface area (Å²) >= 11 is 0. The number of rotatable bonds is 5. The second kappa shape index (κ2) is 7.85. The molecule has 0 saturated carbocycles. The first-order chi connectivity index (χ1) is 15.4. The Morgan fingerprint density at radius 3 is 2.91 bits per heavy atom. The van der Waals surface area contributed by atoms with Gasteiger partial charge in [-0.05, 0) is 38.0 Å². The molecule has 10 heteroatoms. The largest absolute Gasteiger partial charge is 0.377 e. The molecular formula is C22H24F2N8. The summed E-state index contributed by atoms with van der Waals surface area (Å²) in [5, 5.41) is 7.96. The van der Waals surface area contributed by atoms with E-state index in [9.17, 15) is 8.78 Å². The zero-order valence-corrected chi connectivity index (χ0v) is 18.0. The summed E-state index contributed by atoms with van der Waals surface area (Å²) in [4.78, 5) is 15.6. The van der Waals surface area contributed by atoms with E-state index in [1.54, 1.807) is 23.7 Å². The van der Waals surface area contributed by atoms with Gasteiger partial charge in [-0.15, -0.1) is 5.10 Å². The monoisotopic (exact) mass is 438 g/mol. The Labute approximate surface area is 183 Å². The highest BCUT2D eigenvalue weighted by molar-refractivity contribution is 5.82. The van der Waals surface area contributed by atoms with Crippen molar-refractivity contribution in [3.63, 3.8) is 0 Å². The lowest BCUT2D eigenvalue weighted by atomic mass is 10.0. The minimum absolute atomic E-state index is 0.101. The van der Waals surface area contributed by atoms with Gasteiger partial charge in [-0.3, -0.25) is 0 Å². The Morgan fingerprint density at radius 1 is 1.25 bits per heavy atom. The quantitative estimate of drug-likeness (QED) is 0.512. The van der Waals surface area contributed by atoms with Gasteiger partial charge >= 0.3 is 0 Å². The lowest BCUT2D eigenvalue weighted by Crippen LogP contribution is -2.37. The number of aromatic nitrogens is 6. The van der Waals surface area contributed by atoms with Gasteiger partial charge in [-0.2, -0.15) is 0 Å². The van der Waals surface area contributed by atoms with Gasteiger partial charge in [0.15, 0.2) is 5.65 Å². The first-order valence-corrected chi connectivity index (χ1v) is 10.5. The van der Waals surface area contributed by atoms with Gasteiger partial charge in [0.2, 0.25) is 5.95 Å². The molecule has 8 nitrogen and oxygen atoms in total. The number of hydrogen-bond acceptors (Lipinski definition) is 6. The summed E-state index contributed by atoms with van der Waals surface area (Å²) in [5.74, 6) is 1.04. The molecule has 0 amide bonds. The molecule has 5 rings (SSSR count). The van der Waals surface area contributed by atoms with E-state index in [1.807, 2.05) is 25.4 Å². The number of likely N-dealkylation sites (N-methyl/N-ethyl adjacent to an activating group) is 1. The highest BCUT2D eigenvalue weighted by atomic mass is 19.3. The van der Waals surface area contributed by atoms with Crippen LogP contribution in [0, 0.1) is 6.92 Å². The van der Waals surface area contributed by atoms with Crippen LogP contribution in [-0.4, -0.2) is 60.1 Å². The number of hydrogen-bond donors (Lipinski definition) is 1. The van der Waals surface area contributed by atoms with Crippen molar-refractivity contribution in [2.45, 2.75) is 38.8 Å². The Morgan fingerprint density at radius 2 is 2.09 bits per heavy atom. The number of alkyl halides is 2. The molecule has 1 aliphatic heterocycles. The fourth-order valence-corrected chi connectivity index (χ4v) is 4.22. The molecule has 1 unspecified atom stereocenters. The topological polar surface area (TPSA) is 76.2 Å². The summed E-state index contributed by atoms with van der Waals surface area (Å²) in [6.45, 7) is 6.45. The van der Waals surface area contributed by atoms with Crippen molar-refractivity contribution < 1.29 is 8.78 Å². The maximum absolute atomic E-state index is 13.0. The van der Waals surface area contributed by atoms with Crippen molar-refractivity contribution in [3.8, 4) is 11.3 Å². The summed E-state index contributed by atoms with van der Waals surface area (Å²) < 4.78 is 29.3. The van der Waals surface area contributed by atoms with Crippen LogP contribution >= 0.6 is 0 Å². The summed E-state index contributed by atoms with van der Waals surface area (Å²) in [6, 6.07) is 5.64. The van der Waals surface area contributed by atoms with Crippen LogP contribution in [0.3, 0.4) is 0 Å². The number of pyridine rings is 1. The van der Waals surface area contributed by atoms with Crippen LogP contribution in [0.5, 0.6) is 0 Å². The van der Waals surface area contributed by atoms with E-state index in [4.69, 9.17) is 0 Å². The molecule has 0 aliphatic carbocycles. The van der Waals surface area contributed by atoms with Gasteiger partial charge in [-0.25, -0.2) is 28.2 Å². The van der Waals surface area contributed by atoms with Crippen molar-refractivity contribution in [1.82, 2.24) is 34.0 Å². The molecule has 5 heterocycles. The molecule has 0 spiro atoms. The maximum atomic E-state index is 13.0. The van der Waals surface area contributed by atoms with E-state index in [0.29, 0.717) is 28.6 Å². The van der Waals surface area contributed by atoms with Crippen LogP contribution < -0.4 is 5.32 Å². The van der Waals surface area contributed by atoms with Crippen molar-refractivity contribution in [1.29, 1.82) is 0 Å². The number of imidazole rings is 1. The number of likely N-dealkylation sites (tertiary alicyclic amines) is 1. The fourth-order valence-electron chi connectivity index (χ4n) is 4.22. The fraction of sp³-hybridized carbons (Fsp3) is 0.364. The molecular weight excluding hydrogens is 414 g/mol. The average molecular weight is 438 g/mol. The van der Waals surface area contributed by atoms with Crippen LogP contribution in [0.4, 0.5) is 14.7 Å². The Kier molecular flexibility index (Phi) is 4.99. The first kappa shape index (κ1) is 20.3. The molecule has 0 radical (unpaired) electrons. The molecule has 0 bridgehead atoms. The number of anilines is 1. The molecule has 4 aromatic heterocycles. The van der Waals surface area contributed by atoms with E-state index in [0.717, 1.165) is 36.2 Å². The van der Waals surface area contributed by atoms with Crippen LogP contribution in [-0.2, 0) is 6.54 Å². The molecule has 0 aromatic carbocycles. The normalized spacial score (nSPS) is 17.1. The number of halogens is 2. The van der Waals surface area contributed by atoms with Crippen LogP contribution in [0.1, 0.15) is 18.7 Å². The Balaban J connectivity index is 1.47. The van der Waals surface area contributed by atoms with Gasteiger partial charge in [0.05, 0.1) is 30.0 Å². The molecule has 1 N–H and O–H groups in total. The average Bonchev–Trinajstić information content (AvgIpc) is 3.31. The molecule has 1 saturated heterocycles. The lowest BCUT2D eigenvalue weighted by Gasteiger charge is -2.34.